The van der Waals surface area contributed by atoms with Gasteiger partial charge in [0, 0.05) is 12.7 Å². The molecule has 1 spiro atoms. The Balaban J connectivity index is 1.36. The van der Waals surface area contributed by atoms with Crippen molar-refractivity contribution in [1.29, 1.82) is 0 Å². The second-order valence-corrected chi connectivity index (χ2v) is 12.9. The van der Waals surface area contributed by atoms with Crippen molar-refractivity contribution in [2.45, 2.75) is 41.9 Å². The molecule has 5 rings (SSSR count). The number of anilines is 2. The number of alkyl halides is 3. The highest BCUT2D eigenvalue weighted by Crippen LogP contribution is 2.50. The number of hydrogen-bond donors (Lipinski definition) is 2. The minimum absolute atomic E-state index is 0.0199. The smallest absolute Gasteiger partial charge is 0.305 e. The Labute approximate surface area is 233 Å². The number of pyridine rings is 1. The monoisotopic (exact) mass is 609 g/mol. The molecule has 216 valence electrons. The highest BCUT2D eigenvalue weighted by molar-refractivity contribution is 7.92. The molecule has 2 aliphatic rings. The van der Waals surface area contributed by atoms with Crippen LogP contribution in [0.5, 0.6) is 0 Å². The van der Waals surface area contributed by atoms with Crippen molar-refractivity contribution in [2.24, 2.45) is 0 Å². The molecule has 0 radical (unpaired) electrons. The van der Waals surface area contributed by atoms with Gasteiger partial charge in [0.25, 0.3) is 26.0 Å². The van der Waals surface area contributed by atoms with E-state index in [9.17, 15) is 39.6 Å². The number of nitrogens with zero attached hydrogens (tertiary/aromatic N) is 3. The SMILES string of the molecule is O=C1N(c2ccc(S(=O)(=O)C(F)(F)F)cc2)C(=O)C2(CC2)N1Cc1ccncc1NS(=O)(=O)NCc1ccccc1. The number of sulfone groups is 1. The highest BCUT2D eigenvalue weighted by Gasteiger charge is 2.65. The Kier molecular flexibility index (Phi) is 7.03. The predicted molar refractivity (Wildman–Crippen MR) is 140 cm³/mol. The minimum atomic E-state index is -5.61. The second-order valence-electron chi connectivity index (χ2n) is 9.43. The number of carbonyl (C=O) groups is 2. The zero-order chi connectivity index (χ0) is 29.6. The van der Waals surface area contributed by atoms with Crippen LogP contribution in [-0.4, -0.2) is 49.7 Å². The van der Waals surface area contributed by atoms with Crippen molar-refractivity contribution < 1.29 is 39.6 Å². The Bertz CT molecular complexity index is 1710. The number of benzene rings is 2. The van der Waals surface area contributed by atoms with Gasteiger partial charge in [0.1, 0.15) is 5.54 Å². The molecule has 2 aromatic carbocycles. The van der Waals surface area contributed by atoms with Gasteiger partial charge in [0.05, 0.1) is 29.0 Å². The maximum Gasteiger partial charge on any atom is 0.501 e. The molecule has 41 heavy (non-hydrogen) atoms. The van der Waals surface area contributed by atoms with Crippen molar-refractivity contribution in [3.05, 3.63) is 84.2 Å². The topological polar surface area (TPSA) is 146 Å². The van der Waals surface area contributed by atoms with Crippen molar-refractivity contribution >= 4 is 43.4 Å². The number of imide groups is 1. The highest BCUT2D eigenvalue weighted by atomic mass is 32.2. The van der Waals surface area contributed by atoms with Crippen LogP contribution in [0.2, 0.25) is 0 Å². The van der Waals surface area contributed by atoms with Crippen LogP contribution in [-0.2, 0) is 37.9 Å². The van der Waals surface area contributed by atoms with E-state index in [4.69, 9.17) is 0 Å². The van der Waals surface area contributed by atoms with Crippen LogP contribution < -0.4 is 14.3 Å². The van der Waals surface area contributed by atoms with E-state index in [0.29, 0.717) is 30.5 Å². The van der Waals surface area contributed by atoms with Crippen LogP contribution in [0.15, 0.2) is 78.0 Å². The van der Waals surface area contributed by atoms with E-state index in [-0.39, 0.29) is 24.5 Å². The van der Waals surface area contributed by atoms with Gasteiger partial charge in [-0.15, -0.1) is 0 Å². The summed E-state index contributed by atoms with van der Waals surface area (Å²) in [5, 5.41) is 0. The Morgan fingerprint density at radius 1 is 0.927 bits per heavy atom. The summed E-state index contributed by atoms with van der Waals surface area (Å²) in [6.07, 6.45) is 3.29. The summed E-state index contributed by atoms with van der Waals surface area (Å²) in [5.74, 6) is -0.616. The van der Waals surface area contributed by atoms with Crippen molar-refractivity contribution in [2.75, 3.05) is 9.62 Å². The Morgan fingerprint density at radius 2 is 1.59 bits per heavy atom. The van der Waals surface area contributed by atoms with E-state index in [2.05, 4.69) is 14.4 Å². The zero-order valence-corrected chi connectivity index (χ0v) is 22.6. The molecule has 1 aromatic heterocycles. The zero-order valence-electron chi connectivity index (χ0n) is 21.0. The fourth-order valence-electron chi connectivity index (χ4n) is 4.45. The van der Waals surface area contributed by atoms with Crippen LogP contribution in [0.3, 0.4) is 0 Å². The lowest BCUT2D eigenvalue weighted by Gasteiger charge is -2.23. The number of halogens is 3. The Hall–Kier alpha value is -4.02. The van der Waals surface area contributed by atoms with Gasteiger partial charge in [-0.2, -0.15) is 26.3 Å². The summed E-state index contributed by atoms with van der Waals surface area (Å²) in [6, 6.07) is 12.8. The molecule has 1 saturated heterocycles. The first-order valence-corrected chi connectivity index (χ1v) is 15.0. The summed E-state index contributed by atoms with van der Waals surface area (Å²) in [7, 11) is -9.67. The molecule has 1 aliphatic carbocycles. The molecular weight excluding hydrogens is 587 g/mol. The summed E-state index contributed by atoms with van der Waals surface area (Å²) >= 11 is 0. The molecule has 1 aliphatic heterocycles. The lowest BCUT2D eigenvalue weighted by molar-refractivity contribution is -0.120. The normalized spacial score (nSPS) is 16.9. The van der Waals surface area contributed by atoms with E-state index >= 15 is 0 Å². The average molecular weight is 610 g/mol. The molecule has 3 aromatic rings. The Morgan fingerprint density at radius 3 is 2.20 bits per heavy atom. The lowest BCUT2D eigenvalue weighted by Crippen LogP contribution is -2.37. The van der Waals surface area contributed by atoms with E-state index in [1.807, 2.05) is 0 Å². The van der Waals surface area contributed by atoms with Gasteiger partial charge in [-0.05, 0) is 54.3 Å². The summed E-state index contributed by atoms with van der Waals surface area (Å²) in [6.45, 7) is -0.160. The molecular formula is C25H22F3N5O6S2. The van der Waals surface area contributed by atoms with Gasteiger partial charge in [0.2, 0.25) is 0 Å². The number of carbonyl (C=O) groups excluding carboxylic acids is 2. The molecule has 1 saturated carbocycles. The third-order valence-corrected chi connectivity index (χ3v) is 9.28. The molecule has 2 N–H and O–H groups in total. The first-order valence-electron chi connectivity index (χ1n) is 12.1. The van der Waals surface area contributed by atoms with Gasteiger partial charge in [0.15, 0.2) is 0 Å². The molecule has 2 heterocycles. The third kappa shape index (κ3) is 5.37. The number of rotatable bonds is 9. The maximum absolute atomic E-state index is 13.4. The van der Waals surface area contributed by atoms with Gasteiger partial charge in [-0.3, -0.25) is 14.5 Å². The second kappa shape index (κ2) is 10.1. The number of hydrogen-bond acceptors (Lipinski definition) is 7. The summed E-state index contributed by atoms with van der Waals surface area (Å²) in [5.41, 5.74) is -5.68. The molecule has 0 bridgehead atoms. The number of aromatic nitrogens is 1. The number of urea groups is 1. The first kappa shape index (κ1) is 28.5. The van der Waals surface area contributed by atoms with Crippen LogP contribution in [0, 0.1) is 0 Å². The van der Waals surface area contributed by atoms with E-state index in [1.54, 1.807) is 30.3 Å². The number of nitrogens with one attached hydrogen (secondary N) is 2. The van der Waals surface area contributed by atoms with Crippen LogP contribution in [0.1, 0.15) is 24.0 Å². The summed E-state index contributed by atoms with van der Waals surface area (Å²) < 4.78 is 92.3. The standard InChI is InChI=1S/C25H22F3N5O6S2/c26-25(27,28)40(36,37)20-8-6-19(7-9-20)33-22(34)24(11-12-24)32(23(33)35)16-18-10-13-29-15-21(18)31-41(38,39)30-14-17-4-2-1-3-5-17/h1-10,13,15,30-31H,11-12,14,16H2. The van der Waals surface area contributed by atoms with E-state index in [0.717, 1.165) is 22.6 Å². The van der Waals surface area contributed by atoms with Crippen molar-refractivity contribution in [3.8, 4) is 0 Å². The summed E-state index contributed by atoms with van der Waals surface area (Å²) in [4.78, 5) is 31.7. The van der Waals surface area contributed by atoms with Crippen molar-refractivity contribution in [1.82, 2.24) is 14.6 Å². The first-order chi connectivity index (χ1) is 19.3. The fourth-order valence-corrected chi connectivity index (χ4v) is 6.11. The molecule has 16 heteroatoms. The predicted octanol–water partition coefficient (Wildman–Crippen LogP) is 3.32. The molecule has 3 amide bonds. The van der Waals surface area contributed by atoms with Gasteiger partial charge >= 0.3 is 11.5 Å². The number of amides is 3. The molecule has 0 unspecified atom stereocenters. The quantitative estimate of drug-likeness (QED) is 0.354. The van der Waals surface area contributed by atoms with E-state index in [1.165, 1.54) is 23.4 Å². The minimum Gasteiger partial charge on any atom is -0.305 e. The van der Waals surface area contributed by atoms with Gasteiger partial charge in [-0.25, -0.2) is 18.1 Å². The maximum atomic E-state index is 13.4. The van der Waals surface area contributed by atoms with Crippen molar-refractivity contribution in [3.63, 3.8) is 0 Å². The third-order valence-electron chi connectivity index (χ3n) is 6.77. The van der Waals surface area contributed by atoms with Gasteiger partial charge < -0.3 is 4.90 Å². The molecule has 2 fully saturated rings. The lowest BCUT2D eigenvalue weighted by atomic mass is 10.1. The van der Waals surface area contributed by atoms with Crippen LogP contribution in [0.25, 0.3) is 0 Å². The largest absolute Gasteiger partial charge is 0.501 e. The average Bonchev–Trinajstić information content (AvgIpc) is 3.70. The van der Waals surface area contributed by atoms with E-state index < -0.39 is 47.9 Å². The molecule has 0 atom stereocenters. The van der Waals surface area contributed by atoms with Crippen LogP contribution in [0.4, 0.5) is 29.3 Å². The van der Waals surface area contributed by atoms with Gasteiger partial charge in [-0.1, -0.05) is 30.3 Å². The fraction of sp³-hybridized carbons (Fsp3) is 0.240. The molecule has 11 nitrogen and oxygen atoms in total. The van der Waals surface area contributed by atoms with Crippen LogP contribution >= 0.6 is 0 Å².